The molecule has 5 nitrogen and oxygen atoms in total. The van der Waals surface area contributed by atoms with Crippen molar-refractivity contribution in [1.82, 2.24) is 5.32 Å². The van der Waals surface area contributed by atoms with E-state index in [1.807, 2.05) is 0 Å². The molecule has 5 heteroatoms. The van der Waals surface area contributed by atoms with Crippen molar-refractivity contribution in [3.63, 3.8) is 0 Å². The van der Waals surface area contributed by atoms with Crippen LogP contribution >= 0.6 is 0 Å². The Kier molecular flexibility index (Phi) is 6.39. The predicted molar refractivity (Wildman–Crippen MR) is 42.5 cm³/mol. The first-order valence-corrected chi connectivity index (χ1v) is 3.73. The van der Waals surface area contributed by atoms with Gasteiger partial charge >= 0.3 is 0 Å². The molecule has 0 radical (unpaired) electrons. The Labute approximate surface area is 66.4 Å². The van der Waals surface area contributed by atoms with E-state index in [2.05, 4.69) is 5.32 Å². The fraction of sp³-hybridized carbons (Fsp3) is 1.00. The highest BCUT2D eigenvalue weighted by Crippen LogP contribution is 1.89. The Morgan fingerprint density at radius 2 is 1.36 bits per heavy atom. The van der Waals surface area contributed by atoms with Gasteiger partial charge in [-0.3, -0.25) is 5.32 Å². The Hall–Kier alpha value is -0.200. The third-order valence-corrected chi connectivity index (χ3v) is 1.26. The molecule has 0 aliphatic heterocycles. The van der Waals surface area contributed by atoms with Crippen LogP contribution in [0.1, 0.15) is 12.8 Å². The molecule has 0 saturated heterocycles. The molecule has 0 bridgehead atoms. The van der Waals surface area contributed by atoms with Crippen molar-refractivity contribution in [3.05, 3.63) is 0 Å². The molecule has 2 unspecified atom stereocenters. The van der Waals surface area contributed by atoms with Gasteiger partial charge in [-0.1, -0.05) is 0 Å². The summed E-state index contributed by atoms with van der Waals surface area (Å²) in [6, 6.07) is 0. The maximum Gasteiger partial charge on any atom is 0.108 e. The molecule has 2 atom stereocenters. The highest BCUT2D eigenvalue weighted by molar-refractivity contribution is 4.58. The SMILES string of the molecule is NCCC(O)NC(O)CCN. The standard InChI is InChI=1S/C6H17N3O2/c7-3-1-5(10)9-6(11)2-4-8/h5-6,9-11H,1-4,7-8H2. The molecule has 0 amide bonds. The van der Waals surface area contributed by atoms with Gasteiger partial charge in [-0.05, 0) is 25.9 Å². The van der Waals surface area contributed by atoms with E-state index in [1.54, 1.807) is 0 Å². The van der Waals surface area contributed by atoms with Gasteiger partial charge in [0.15, 0.2) is 0 Å². The molecular formula is C6H17N3O2. The summed E-state index contributed by atoms with van der Waals surface area (Å²) in [7, 11) is 0. The van der Waals surface area contributed by atoms with E-state index in [1.165, 1.54) is 0 Å². The molecule has 68 valence electrons. The van der Waals surface area contributed by atoms with Gasteiger partial charge in [-0.2, -0.15) is 0 Å². The van der Waals surface area contributed by atoms with Gasteiger partial charge in [-0.25, -0.2) is 0 Å². The second-order valence-electron chi connectivity index (χ2n) is 2.35. The van der Waals surface area contributed by atoms with Crippen LogP contribution in [0, 0.1) is 0 Å². The third kappa shape index (κ3) is 6.21. The zero-order valence-electron chi connectivity index (χ0n) is 6.53. The van der Waals surface area contributed by atoms with Crippen molar-refractivity contribution < 1.29 is 10.2 Å². The van der Waals surface area contributed by atoms with Crippen LogP contribution in [0.25, 0.3) is 0 Å². The first kappa shape index (κ1) is 10.8. The van der Waals surface area contributed by atoms with Crippen LogP contribution in [-0.4, -0.2) is 35.8 Å². The molecule has 11 heavy (non-hydrogen) atoms. The van der Waals surface area contributed by atoms with E-state index in [0.717, 1.165) is 0 Å². The van der Waals surface area contributed by atoms with Crippen LogP contribution in [0.15, 0.2) is 0 Å². The zero-order chi connectivity index (χ0) is 8.69. The lowest BCUT2D eigenvalue weighted by Crippen LogP contribution is -2.40. The van der Waals surface area contributed by atoms with Crippen molar-refractivity contribution in [2.75, 3.05) is 13.1 Å². The lowest BCUT2D eigenvalue weighted by atomic mass is 10.3. The topological polar surface area (TPSA) is 105 Å². The fourth-order valence-corrected chi connectivity index (χ4v) is 0.704. The summed E-state index contributed by atoms with van der Waals surface area (Å²) in [5.74, 6) is 0. The molecule has 0 spiro atoms. The van der Waals surface area contributed by atoms with Gasteiger partial charge in [0.25, 0.3) is 0 Å². The van der Waals surface area contributed by atoms with Crippen LogP contribution in [0.2, 0.25) is 0 Å². The number of aliphatic hydroxyl groups excluding tert-OH is 2. The smallest absolute Gasteiger partial charge is 0.108 e. The minimum absolute atomic E-state index is 0.392. The molecule has 0 aliphatic carbocycles. The zero-order valence-corrected chi connectivity index (χ0v) is 6.53. The Bertz CT molecular complexity index is 81.9. The minimum atomic E-state index is -0.735. The number of aliphatic hydroxyl groups is 2. The fourth-order valence-electron chi connectivity index (χ4n) is 0.704. The van der Waals surface area contributed by atoms with Gasteiger partial charge in [0, 0.05) is 0 Å². The van der Waals surface area contributed by atoms with Crippen molar-refractivity contribution in [2.24, 2.45) is 11.5 Å². The number of nitrogens with one attached hydrogen (secondary N) is 1. The molecule has 0 aromatic rings. The van der Waals surface area contributed by atoms with Crippen molar-refractivity contribution >= 4 is 0 Å². The lowest BCUT2D eigenvalue weighted by molar-refractivity contribution is 0.0363. The average molecular weight is 163 g/mol. The van der Waals surface area contributed by atoms with Crippen LogP contribution in [0.3, 0.4) is 0 Å². The summed E-state index contributed by atoms with van der Waals surface area (Å²) in [5.41, 5.74) is 10.3. The van der Waals surface area contributed by atoms with E-state index in [9.17, 15) is 0 Å². The molecule has 0 saturated carbocycles. The van der Waals surface area contributed by atoms with Crippen LogP contribution in [-0.2, 0) is 0 Å². The first-order chi connectivity index (χ1) is 5.20. The number of nitrogens with two attached hydrogens (primary N) is 2. The summed E-state index contributed by atoms with van der Waals surface area (Å²) < 4.78 is 0. The summed E-state index contributed by atoms with van der Waals surface area (Å²) >= 11 is 0. The van der Waals surface area contributed by atoms with Crippen molar-refractivity contribution in [3.8, 4) is 0 Å². The number of rotatable bonds is 6. The second kappa shape index (κ2) is 6.51. The quantitative estimate of drug-likeness (QED) is 0.289. The van der Waals surface area contributed by atoms with Gasteiger partial charge in [0.2, 0.25) is 0 Å². The molecule has 7 N–H and O–H groups in total. The van der Waals surface area contributed by atoms with E-state index < -0.39 is 12.5 Å². The minimum Gasteiger partial charge on any atom is -0.378 e. The maximum atomic E-state index is 9.05. The molecular weight excluding hydrogens is 146 g/mol. The van der Waals surface area contributed by atoms with Gasteiger partial charge in [0.05, 0.1) is 0 Å². The molecule has 0 aliphatic rings. The Morgan fingerprint density at radius 1 is 1.00 bits per heavy atom. The van der Waals surface area contributed by atoms with Crippen LogP contribution < -0.4 is 16.8 Å². The van der Waals surface area contributed by atoms with E-state index >= 15 is 0 Å². The molecule has 0 rings (SSSR count). The maximum absolute atomic E-state index is 9.05. The van der Waals surface area contributed by atoms with Gasteiger partial charge < -0.3 is 21.7 Å². The first-order valence-electron chi connectivity index (χ1n) is 3.73. The third-order valence-electron chi connectivity index (χ3n) is 1.26. The summed E-state index contributed by atoms with van der Waals surface area (Å²) in [6.07, 6.45) is -0.605. The van der Waals surface area contributed by atoms with Crippen LogP contribution in [0.4, 0.5) is 0 Å². The monoisotopic (exact) mass is 163 g/mol. The molecule has 0 heterocycles. The lowest BCUT2D eigenvalue weighted by Gasteiger charge is -2.16. The molecule has 0 aromatic carbocycles. The second-order valence-corrected chi connectivity index (χ2v) is 2.35. The summed E-state index contributed by atoms with van der Waals surface area (Å²) in [6.45, 7) is 0.785. The Balaban J connectivity index is 3.32. The molecule has 0 aromatic heterocycles. The van der Waals surface area contributed by atoms with E-state index in [-0.39, 0.29) is 0 Å². The number of hydrogen-bond donors (Lipinski definition) is 5. The van der Waals surface area contributed by atoms with E-state index in [4.69, 9.17) is 21.7 Å². The highest BCUT2D eigenvalue weighted by atomic mass is 16.3. The average Bonchev–Trinajstić information content (AvgIpc) is 1.87. The van der Waals surface area contributed by atoms with Crippen molar-refractivity contribution in [1.29, 1.82) is 0 Å². The van der Waals surface area contributed by atoms with Crippen LogP contribution in [0.5, 0.6) is 0 Å². The summed E-state index contributed by atoms with van der Waals surface area (Å²) in [4.78, 5) is 0. The van der Waals surface area contributed by atoms with Gasteiger partial charge in [0.1, 0.15) is 12.5 Å². The summed E-state index contributed by atoms with van der Waals surface area (Å²) in [5, 5.41) is 20.6. The highest BCUT2D eigenvalue weighted by Gasteiger charge is 2.07. The van der Waals surface area contributed by atoms with Crippen molar-refractivity contribution in [2.45, 2.75) is 25.3 Å². The predicted octanol–water partition coefficient (Wildman–Crippen LogP) is -2.09. The van der Waals surface area contributed by atoms with Gasteiger partial charge in [-0.15, -0.1) is 0 Å². The number of hydrogen-bond acceptors (Lipinski definition) is 5. The molecule has 0 fully saturated rings. The van der Waals surface area contributed by atoms with E-state index in [0.29, 0.717) is 25.9 Å². The normalized spacial score (nSPS) is 16.4. The largest absolute Gasteiger partial charge is 0.378 e. The Morgan fingerprint density at radius 3 is 1.64 bits per heavy atom.